The molecular formula is C17H15NO4. The molecule has 5 nitrogen and oxygen atoms in total. The van der Waals surface area contributed by atoms with Gasteiger partial charge in [-0.3, -0.25) is 0 Å². The van der Waals surface area contributed by atoms with Crippen LogP contribution in [-0.2, 0) is 4.79 Å². The number of carbonyl (C=O) groups excluding carboxylic acids is 1. The van der Waals surface area contributed by atoms with Crippen LogP contribution in [0.5, 0.6) is 17.2 Å². The lowest BCUT2D eigenvalue weighted by molar-refractivity contribution is -0.136. The van der Waals surface area contributed by atoms with Gasteiger partial charge in [-0.25, -0.2) is 4.79 Å². The first-order chi connectivity index (χ1) is 10.7. The summed E-state index contributed by atoms with van der Waals surface area (Å²) in [6.07, 6.45) is 0. The van der Waals surface area contributed by atoms with E-state index in [2.05, 4.69) is 0 Å². The fourth-order valence-corrected chi connectivity index (χ4v) is 1.78. The van der Waals surface area contributed by atoms with E-state index in [4.69, 9.17) is 19.5 Å². The Balaban J connectivity index is 1.98. The van der Waals surface area contributed by atoms with Crippen LogP contribution in [0.1, 0.15) is 12.5 Å². The van der Waals surface area contributed by atoms with E-state index < -0.39 is 5.97 Å². The van der Waals surface area contributed by atoms with Crippen LogP contribution in [0.2, 0.25) is 0 Å². The maximum Gasteiger partial charge on any atom is 0.349 e. The number of nitrogens with zero attached hydrogens (tertiary/aromatic N) is 1. The fraction of sp³-hybridized carbons (Fsp3) is 0.176. The van der Waals surface area contributed by atoms with Gasteiger partial charge in [-0.15, -0.1) is 0 Å². The van der Waals surface area contributed by atoms with Crippen molar-refractivity contribution >= 4 is 5.97 Å². The van der Waals surface area contributed by atoms with Crippen LogP contribution in [0.25, 0.3) is 0 Å². The van der Waals surface area contributed by atoms with Gasteiger partial charge in [0, 0.05) is 0 Å². The molecule has 0 aliphatic rings. The Morgan fingerprint density at radius 1 is 1.00 bits per heavy atom. The van der Waals surface area contributed by atoms with E-state index in [1.807, 2.05) is 19.1 Å². The molecule has 112 valence electrons. The van der Waals surface area contributed by atoms with Gasteiger partial charge in [0.1, 0.15) is 11.8 Å². The Labute approximate surface area is 128 Å². The van der Waals surface area contributed by atoms with Crippen LogP contribution in [0.4, 0.5) is 0 Å². The number of rotatable bonds is 6. The zero-order valence-electron chi connectivity index (χ0n) is 12.1. The Hall–Kier alpha value is -3.00. The van der Waals surface area contributed by atoms with E-state index in [0.29, 0.717) is 23.7 Å². The van der Waals surface area contributed by atoms with E-state index in [1.54, 1.807) is 42.5 Å². The molecule has 0 radical (unpaired) electrons. The molecule has 0 bridgehead atoms. The molecular weight excluding hydrogens is 282 g/mol. The van der Waals surface area contributed by atoms with Crippen LogP contribution in [0, 0.1) is 11.3 Å². The van der Waals surface area contributed by atoms with Crippen LogP contribution in [-0.4, -0.2) is 19.2 Å². The Morgan fingerprint density at radius 3 is 2.23 bits per heavy atom. The summed E-state index contributed by atoms with van der Waals surface area (Å²) in [6.45, 7) is 2.09. The first-order valence-electron chi connectivity index (χ1n) is 6.79. The minimum absolute atomic E-state index is 0.219. The number of para-hydroxylation sites is 3. The normalized spacial score (nSPS) is 9.64. The van der Waals surface area contributed by atoms with E-state index in [9.17, 15) is 4.79 Å². The van der Waals surface area contributed by atoms with Crippen molar-refractivity contribution < 1.29 is 19.0 Å². The zero-order valence-corrected chi connectivity index (χ0v) is 12.1. The molecule has 0 unspecified atom stereocenters. The summed E-state index contributed by atoms with van der Waals surface area (Å²) in [5, 5.41) is 8.95. The SMILES string of the molecule is CCOc1ccccc1OCC(=O)Oc1ccccc1C#N. The second-order valence-electron chi connectivity index (χ2n) is 4.25. The summed E-state index contributed by atoms with van der Waals surface area (Å²) in [6, 6.07) is 15.6. The highest BCUT2D eigenvalue weighted by atomic mass is 16.6. The quantitative estimate of drug-likeness (QED) is 0.605. The molecule has 0 fully saturated rings. The maximum atomic E-state index is 11.8. The fourth-order valence-electron chi connectivity index (χ4n) is 1.78. The van der Waals surface area contributed by atoms with Crippen LogP contribution >= 0.6 is 0 Å². The van der Waals surface area contributed by atoms with Crippen molar-refractivity contribution in [2.45, 2.75) is 6.92 Å². The van der Waals surface area contributed by atoms with Gasteiger partial charge in [-0.2, -0.15) is 5.26 Å². The largest absolute Gasteiger partial charge is 0.490 e. The first-order valence-corrected chi connectivity index (χ1v) is 6.79. The second kappa shape index (κ2) is 7.70. The van der Waals surface area contributed by atoms with Crippen molar-refractivity contribution in [2.75, 3.05) is 13.2 Å². The van der Waals surface area contributed by atoms with Gasteiger partial charge in [-0.1, -0.05) is 24.3 Å². The predicted octanol–water partition coefficient (Wildman–Crippen LogP) is 2.94. The molecule has 22 heavy (non-hydrogen) atoms. The third-order valence-corrected chi connectivity index (χ3v) is 2.73. The third-order valence-electron chi connectivity index (χ3n) is 2.73. The highest BCUT2D eigenvalue weighted by Crippen LogP contribution is 2.26. The van der Waals surface area contributed by atoms with E-state index >= 15 is 0 Å². The number of hydrogen-bond donors (Lipinski definition) is 0. The molecule has 0 amide bonds. The summed E-state index contributed by atoms with van der Waals surface area (Å²) in [5.74, 6) is 0.663. The monoisotopic (exact) mass is 297 g/mol. The minimum Gasteiger partial charge on any atom is -0.490 e. The molecule has 0 spiro atoms. The number of carbonyl (C=O) groups is 1. The van der Waals surface area contributed by atoms with E-state index in [0.717, 1.165) is 0 Å². The van der Waals surface area contributed by atoms with Crippen LogP contribution in [0.3, 0.4) is 0 Å². The standard InChI is InChI=1S/C17H15NO4/c1-2-20-15-9-5-6-10-16(15)21-12-17(19)22-14-8-4-3-7-13(14)11-18/h3-10H,2,12H2,1H3. The van der Waals surface area contributed by atoms with Crippen molar-refractivity contribution in [1.82, 2.24) is 0 Å². The molecule has 0 atom stereocenters. The molecule has 5 heteroatoms. The number of benzene rings is 2. The molecule has 0 aromatic heterocycles. The first kappa shape index (κ1) is 15.4. The molecule has 2 rings (SSSR count). The molecule has 0 saturated carbocycles. The van der Waals surface area contributed by atoms with Gasteiger partial charge in [0.05, 0.1) is 12.2 Å². The van der Waals surface area contributed by atoms with Crippen molar-refractivity contribution in [3.05, 3.63) is 54.1 Å². The lowest BCUT2D eigenvalue weighted by atomic mass is 10.2. The summed E-state index contributed by atoms with van der Waals surface area (Å²) >= 11 is 0. The zero-order chi connectivity index (χ0) is 15.8. The predicted molar refractivity (Wildman–Crippen MR) is 79.9 cm³/mol. The van der Waals surface area contributed by atoms with E-state index in [1.165, 1.54) is 0 Å². The van der Waals surface area contributed by atoms with Gasteiger partial charge in [0.15, 0.2) is 18.1 Å². The maximum absolute atomic E-state index is 11.8. The number of nitriles is 1. The molecule has 2 aromatic carbocycles. The van der Waals surface area contributed by atoms with Gasteiger partial charge in [0.2, 0.25) is 0 Å². The number of esters is 1. The lowest BCUT2D eigenvalue weighted by Gasteiger charge is -2.11. The van der Waals surface area contributed by atoms with Gasteiger partial charge in [0.25, 0.3) is 0 Å². The summed E-state index contributed by atoms with van der Waals surface area (Å²) < 4.78 is 15.9. The molecule has 0 aliphatic carbocycles. The summed E-state index contributed by atoms with van der Waals surface area (Å²) in [5.41, 5.74) is 0.297. The van der Waals surface area contributed by atoms with E-state index in [-0.39, 0.29) is 12.4 Å². The van der Waals surface area contributed by atoms with Crippen molar-refractivity contribution in [3.8, 4) is 23.3 Å². The lowest BCUT2D eigenvalue weighted by Crippen LogP contribution is -2.18. The molecule has 0 heterocycles. The topological polar surface area (TPSA) is 68.6 Å². The minimum atomic E-state index is -0.589. The third kappa shape index (κ3) is 4.00. The molecule has 0 N–H and O–H groups in total. The Bertz CT molecular complexity index is 691. The molecule has 2 aromatic rings. The van der Waals surface area contributed by atoms with Crippen molar-refractivity contribution in [2.24, 2.45) is 0 Å². The Kier molecular flexibility index (Phi) is 5.38. The number of hydrogen-bond acceptors (Lipinski definition) is 5. The highest BCUT2D eigenvalue weighted by Gasteiger charge is 2.11. The Morgan fingerprint density at radius 2 is 1.59 bits per heavy atom. The molecule has 0 aliphatic heterocycles. The molecule has 0 saturated heterocycles. The van der Waals surface area contributed by atoms with Gasteiger partial charge >= 0.3 is 5.97 Å². The van der Waals surface area contributed by atoms with Crippen molar-refractivity contribution in [1.29, 1.82) is 5.26 Å². The average molecular weight is 297 g/mol. The smallest absolute Gasteiger partial charge is 0.349 e. The summed E-state index contributed by atoms with van der Waals surface area (Å²) in [7, 11) is 0. The van der Waals surface area contributed by atoms with Gasteiger partial charge in [-0.05, 0) is 31.2 Å². The highest BCUT2D eigenvalue weighted by molar-refractivity contribution is 5.74. The average Bonchev–Trinajstić information content (AvgIpc) is 2.55. The van der Waals surface area contributed by atoms with Gasteiger partial charge < -0.3 is 14.2 Å². The second-order valence-corrected chi connectivity index (χ2v) is 4.25. The van der Waals surface area contributed by atoms with Crippen LogP contribution in [0.15, 0.2) is 48.5 Å². The number of ether oxygens (including phenoxy) is 3. The summed E-state index contributed by atoms with van der Waals surface area (Å²) in [4.78, 5) is 11.8. The van der Waals surface area contributed by atoms with Crippen LogP contribution < -0.4 is 14.2 Å². The van der Waals surface area contributed by atoms with Crippen molar-refractivity contribution in [3.63, 3.8) is 0 Å².